The first-order valence-corrected chi connectivity index (χ1v) is 10.8. The van der Waals surface area contributed by atoms with Gasteiger partial charge in [0.25, 0.3) is 11.8 Å². The zero-order valence-corrected chi connectivity index (χ0v) is 18.0. The van der Waals surface area contributed by atoms with Crippen LogP contribution in [0.15, 0.2) is 29.6 Å². The van der Waals surface area contributed by atoms with E-state index in [0.29, 0.717) is 22.7 Å². The summed E-state index contributed by atoms with van der Waals surface area (Å²) in [6.07, 6.45) is 3.29. The number of thiophene rings is 1. The van der Waals surface area contributed by atoms with Gasteiger partial charge in [-0.15, -0.1) is 23.7 Å². The molecule has 8 heteroatoms. The lowest BCUT2D eigenvalue weighted by atomic mass is 10.1. The number of carbonyl (C=O) groups excluding carboxylic acids is 2. The summed E-state index contributed by atoms with van der Waals surface area (Å²) >= 11 is 1.38. The fourth-order valence-corrected chi connectivity index (χ4v) is 4.61. The van der Waals surface area contributed by atoms with Crippen molar-refractivity contribution in [2.75, 3.05) is 44.6 Å². The van der Waals surface area contributed by atoms with Crippen molar-refractivity contribution >= 4 is 40.6 Å². The average Bonchev–Trinajstić information content (AvgIpc) is 3.37. The molecular weight excluding hydrogens is 408 g/mol. The molecule has 1 fully saturated rings. The molecule has 1 aliphatic carbocycles. The summed E-state index contributed by atoms with van der Waals surface area (Å²) in [5, 5.41) is 11.7. The van der Waals surface area contributed by atoms with Gasteiger partial charge in [0.1, 0.15) is 5.00 Å². The predicted molar refractivity (Wildman–Crippen MR) is 120 cm³/mol. The third kappa shape index (κ3) is 5.36. The number of anilines is 1. The number of hydrogen-bond donors (Lipinski definition) is 3. The van der Waals surface area contributed by atoms with E-state index in [0.717, 1.165) is 52.0 Å². The number of carbonyl (C=O) groups is 2. The Hall–Kier alpha value is -1.93. The first-order chi connectivity index (χ1) is 13.7. The molecule has 0 unspecified atom stereocenters. The molecule has 6 nitrogen and oxygen atoms in total. The molecule has 2 amide bonds. The predicted octanol–water partition coefficient (Wildman–Crippen LogP) is 2.55. The van der Waals surface area contributed by atoms with E-state index in [4.69, 9.17) is 0 Å². The normalized spacial score (nSPS) is 16.0. The van der Waals surface area contributed by atoms with Gasteiger partial charge in [0.05, 0.1) is 5.56 Å². The first-order valence-electron chi connectivity index (χ1n) is 9.92. The van der Waals surface area contributed by atoms with Crippen LogP contribution in [0.5, 0.6) is 0 Å². The third-order valence-corrected chi connectivity index (χ3v) is 6.25. The second-order valence-corrected chi connectivity index (χ2v) is 8.22. The smallest absolute Gasteiger partial charge is 0.256 e. The maximum Gasteiger partial charge on any atom is 0.256 e. The highest BCUT2D eigenvalue weighted by Crippen LogP contribution is 2.26. The van der Waals surface area contributed by atoms with E-state index in [1.54, 1.807) is 6.07 Å². The number of hydrogen-bond acceptors (Lipinski definition) is 5. The molecule has 0 spiro atoms. The number of nitrogens with zero attached hydrogens (tertiary/aromatic N) is 1. The molecule has 0 radical (unpaired) electrons. The van der Waals surface area contributed by atoms with E-state index in [1.807, 2.05) is 17.5 Å². The van der Waals surface area contributed by atoms with Gasteiger partial charge in [0.15, 0.2) is 0 Å². The summed E-state index contributed by atoms with van der Waals surface area (Å²) < 4.78 is 0. The van der Waals surface area contributed by atoms with Crippen LogP contribution >= 0.6 is 23.7 Å². The van der Waals surface area contributed by atoms with E-state index in [-0.39, 0.29) is 24.2 Å². The summed E-state index contributed by atoms with van der Waals surface area (Å²) in [5.74, 6) is -0.298. The van der Waals surface area contributed by atoms with Crippen molar-refractivity contribution in [2.24, 2.45) is 0 Å². The lowest BCUT2D eigenvalue weighted by molar-refractivity contribution is 0.0948. The monoisotopic (exact) mass is 434 g/mol. The van der Waals surface area contributed by atoms with Gasteiger partial charge in [0, 0.05) is 44.8 Å². The highest BCUT2D eigenvalue weighted by molar-refractivity contribution is 7.14. The SMILES string of the molecule is Cl.O=C(Nc1sccc1C(=O)NCCN1CCNCC1)c1ccc2c(c1)CCC2. The van der Waals surface area contributed by atoms with Gasteiger partial charge in [-0.3, -0.25) is 14.5 Å². The molecule has 1 aliphatic heterocycles. The summed E-state index contributed by atoms with van der Waals surface area (Å²) in [4.78, 5) is 27.5. The van der Waals surface area contributed by atoms with Gasteiger partial charge < -0.3 is 16.0 Å². The molecule has 0 saturated carbocycles. The number of benzene rings is 1. The lowest BCUT2D eigenvalue weighted by Crippen LogP contribution is -2.46. The minimum atomic E-state index is -0.160. The quantitative estimate of drug-likeness (QED) is 0.653. The number of piperazine rings is 1. The van der Waals surface area contributed by atoms with E-state index in [2.05, 4.69) is 26.9 Å². The molecule has 1 saturated heterocycles. The zero-order chi connectivity index (χ0) is 19.3. The van der Waals surface area contributed by atoms with Gasteiger partial charge >= 0.3 is 0 Å². The molecule has 3 N–H and O–H groups in total. The van der Waals surface area contributed by atoms with Crippen LogP contribution in [-0.2, 0) is 12.8 Å². The summed E-state index contributed by atoms with van der Waals surface area (Å²) in [6.45, 7) is 5.46. The van der Waals surface area contributed by atoms with Crippen LogP contribution in [0, 0.1) is 0 Å². The molecule has 2 aliphatic rings. The third-order valence-electron chi connectivity index (χ3n) is 5.42. The van der Waals surface area contributed by atoms with E-state index in [1.165, 1.54) is 22.5 Å². The second-order valence-electron chi connectivity index (χ2n) is 7.30. The molecule has 1 aromatic heterocycles. The minimum Gasteiger partial charge on any atom is -0.351 e. The number of amides is 2. The van der Waals surface area contributed by atoms with E-state index < -0.39 is 0 Å². The van der Waals surface area contributed by atoms with Crippen LogP contribution in [0.3, 0.4) is 0 Å². The fraction of sp³-hybridized carbons (Fsp3) is 0.429. The second kappa shape index (κ2) is 10.2. The van der Waals surface area contributed by atoms with Gasteiger partial charge in [-0.2, -0.15) is 0 Å². The lowest BCUT2D eigenvalue weighted by Gasteiger charge is -2.27. The molecule has 4 rings (SSSR count). The van der Waals surface area contributed by atoms with Crippen LogP contribution in [0.4, 0.5) is 5.00 Å². The molecule has 0 bridgehead atoms. The Kier molecular flexibility index (Phi) is 7.66. The van der Waals surface area contributed by atoms with Gasteiger partial charge in [-0.25, -0.2) is 0 Å². The Balaban J connectivity index is 0.00000240. The Bertz CT molecular complexity index is 864. The maximum atomic E-state index is 12.7. The van der Waals surface area contributed by atoms with Crippen molar-refractivity contribution in [3.05, 3.63) is 51.9 Å². The van der Waals surface area contributed by atoms with Crippen molar-refractivity contribution in [3.63, 3.8) is 0 Å². The molecule has 0 atom stereocenters. The van der Waals surface area contributed by atoms with E-state index >= 15 is 0 Å². The first kappa shape index (κ1) is 21.8. The number of fused-ring (bicyclic) bond motifs is 1. The topological polar surface area (TPSA) is 73.5 Å². The number of halogens is 1. The van der Waals surface area contributed by atoms with Crippen LogP contribution in [0.25, 0.3) is 0 Å². The zero-order valence-electron chi connectivity index (χ0n) is 16.3. The molecule has 156 valence electrons. The van der Waals surface area contributed by atoms with Crippen molar-refractivity contribution in [2.45, 2.75) is 19.3 Å². The standard InChI is InChI=1S/C21H26N4O2S.ClH/c26-19(17-5-4-15-2-1-3-16(15)14-17)24-21-18(6-13-28-21)20(27)23-9-12-25-10-7-22-8-11-25;/h4-6,13-14,22H,1-3,7-12H2,(H,23,27)(H,24,26);1H. The van der Waals surface area contributed by atoms with Crippen LogP contribution < -0.4 is 16.0 Å². The van der Waals surface area contributed by atoms with E-state index in [9.17, 15) is 9.59 Å². The highest BCUT2D eigenvalue weighted by Gasteiger charge is 2.18. The summed E-state index contributed by atoms with van der Waals surface area (Å²) in [6, 6.07) is 7.68. The van der Waals surface area contributed by atoms with Crippen molar-refractivity contribution in [1.29, 1.82) is 0 Å². The number of aryl methyl sites for hydroxylation is 2. The molecule has 2 aromatic rings. The molecular formula is C21H27ClN4O2S. The minimum absolute atomic E-state index is 0. The van der Waals surface area contributed by atoms with Crippen LogP contribution in [0.2, 0.25) is 0 Å². The summed E-state index contributed by atoms with van der Waals surface area (Å²) in [5.41, 5.74) is 3.79. The van der Waals surface area contributed by atoms with Gasteiger partial charge in [0.2, 0.25) is 0 Å². The maximum absolute atomic E-state index is 12.7. The molecule has 2 heterocycles. The molecule has 1 aromatic carbocycles. The van der Waals surface area contributed by atoms with Gasteiger partial charge in [-0.05, 0) is 54.0 Å². The highest BCUT2D eigenvalue weighted by atomic mass is 35.5. The number of nitrogens with one attached hydrogen (secondary N) is 3. The summed E-state index contributed by atoms with van der Waals surface area (Å²) in [7, 11) is 0. The van der Waals surface area contributed by atoms with Crippen LogP contribution in [0.1, 0.15) is 38.3 Å². The fourth-order valence-electron chi connectivity index (χ4n) is 3.83. The van der Waals surface area contributed by atoms with Crippen molar-refractivity contribution in [3.8, 4) is 0 Å². The van der Waals surface area contributed by atoms with Crippen LogP contribution in [-0.4, -0.2) is 56.0 Å². The van der Waals surface area contributed by atoms with Crippen molar-refractivity contribution in [1.82, 2.24) is 15.5 Å². The average molecular weight is 435 g/mol. The van der Waals surface area contributed by atoms with Gasteiger partial charge in [-0.1, -0.05) is 6.07 Å². The largest absolute Gasteiger partial charge is 0.351 e. The Labute approximate surface area is 181 Å². The Morgan fingerprint density at radius 1 is 1.07 bits per heavy atom. The Morgan fingerprint density at radius 2 is 1.86 bits per heavy atom. The molecule has 29 heavy (non-hydrogen) atoms. The van der Waals surface area contributed by atoms with Crippen molar-refractivity contribution < 1.29 is 9.59 Å². The Morgan fingerprint density at radius 3 is 2.69 bits per heavy atom. The number of rotatable bonds is 6.